The van der Waals surface area contributed by atoms with Gasteiger partial charge in [-0.15, -0.1) is 0 Å². The molecule has 0 saturated heterocycles. The van der Waals surface area contributed by atoms with Crippen molar-refractivity contribution in [3.63, 3.8) is 0 Å². The van der Waals surface area contributed by atoms with E-state index in [-0.39, 0.29) is 33.3 Å². The highest BCUT2D eigenvalue weighted by atomic mass is 35.5. The number of aryl methyl sites for hydroxylation is 1. The molecular weight excluding hydrogens is 604 g/mol. The van der Waals surface area contributed by atoms with Gasteiger partial charge < -0.3 is 15.7 Å². The molecule has 16 heteroatoms. The molecule has 1 aromatic heterocycles. The molecule has 5 rings (SSSR count). The van der Waals surface area contributed by atoms with E-state index in [9.17, 15) is 49.8 Å². The third kappa shape index (κ3) is 5.02. The van der Waals surface area contributed by atoms with Gasteiger partial charge in [0.1, 0.15) is 17.2 Å². The zero-order valence-corrected chi connectivity index (χ0v) is 21.5. The number of aliphatic hydroxyl groups excluding tert-OH is 1. The fourth-order valence-corrected chi connectivity index (χ4v) is 5.03. The summed E-state index contributed by atoms with van der Waals surface area (Å²) >= 11 is 6.23. The molecule has 3 N–H and O–H groups in total. The van der Waals surface area contributed by atoms with E-state index in [2.05, 4.69) is 15.7 Å². The van der Waals surface area contributed by atoms with Crippen LogP contribution in [-0.4, -0.2) is 32.9 Å². The average Bonchev–Trinajstić information content (AvgIpc) is 3.39. The molecule has 0 unspecified atom stereocenters. The fraction of sp³-hybridized carbons (Fsp3) is 0.192. The van der Waals surface area contributed by atoms with Crippen LogP contribution in [0.3, 0.4) is 0 Å². The van der Waals surface area contributed by atoms with E-state index in [0.717, 1.165) is 31.3 Å². The van der Waals surface area contributed by atoms with Gasteiger partial charge in [-0.3, -0.25) is 14.3 Å². The van der Waals surface area contributed by atoms with E-state index >= 15 is 0 Å². The summed E-state index contributed by atoms with van der Waals surface area (Å²) < 4.78 is 109. The minimum atomic E-state index is -5.18. The number of benzene rings is 3. The van der Waals surface area contributed by atoms with Gasteiger partial charge in [-0.05, 0) is 42.5 Å². The maximum Gasteiger partial charge on any atom is 0.420 e. The maximum absolute atomic E-state index is 14.2. The molecule has 0 saturated carbocycles. The number of carbonyl (C=O) groups excluding carboxylic acids is 2. The molecule has 2 amide bonds. The number of carbonyl (C=O) groups is 2. The predicted molar refractivity (Wildman–Crippen MR) is 132 cm³/mol. The second-order valence-electron chi connectivity index (χ2n) is 9.31. The van der Waals surface area contributed by atoms with E-state index in [1.807, 2.05) is 0 Å². The molecule has 0 radical (unpaired) electrons. The lowest BCUT2D eigenvalue weighted by atomic mass is 9.93. The zero-order chi connectivity index (χ0) is 30.9. The van der Waals surface area contributed by atoms with Crippen molar-refractivity contribution in [3.05, 3.63) is 92.6 Å². The van der Waals surface area contributed by atoms with Gasteiger partial charge in [0.15, 0.2) is 6.10 Å². The number of rotatable bonds is 4. The van der Waals surface area contributed by atoms with Gasteiger partial charge in [0.25, 0.3) is 11.8 Å². The molecule has 0 bridgehead atoms. The van der Waals surface area contributed by atoms with Crippen LogP contribution in [0, 0.1) is 11.6 Å². The van der Waals surface area contributed by atoms with Gasteiger partial charge in [-0.1, -0.05) is 11.6 Å². The summed E-state index contributed by atoms with van der Waals surface area (Å²) in [5.74, 6) is -4.43. The summed E-state index contributed by atoms with van der Waals surface area (Å²) in [6.45, 7) is 0. The number of nitrogens with one attached hydrogen (secondary N) is 2. The van der Waals surface area contributed by atoms with Crippen molar-refractivity contribution in [1.82, 2.24) is 15.1 Å². The van der Waals surface area contributed by atoms with Crippen molar-refractivity contribution in [2.45, 2.75) is 24.5 Å². The standard InChI is InChI=1S/C26H15ClF8N4O3/c1-39-21(22(40)26(33,34)35)14-8-16(36-23(41)9-4-10(25(30,31)32)6-12(29)5-9)17-18(20(14)38-39)24(42)37-19(17)13-7-11(28)2-3-15(13)27/h2-8,19,22,40H,1H3,(H,36,41)(H,37,42)/t19-,22+/m1/s1. The molecule has 1 aliphatic heterocycles. The fourth-order valence-electron chi connectivity index (χ4n) is 4.80. The first kappa shape index (κ1) is 29.3. The molecule has 0 aliphatic carbocycles. The lowest BCUT2D eigenvalue weighted by Crippen LogP contribution is -2.23. The number of alkyl halides is 6. The maximum atomic E-state index is 14.2. The van der Waals surface area contributed by atoms with E-state index in [0.29, 0.717) is 16.8 Å². The first-order valence-corrected chi connectivity index (χ1v) is 12.1. The second kappa shape index (κ2) is 9.94. The van der Waals surface area contributed by atoms with Crippen LogP contribution in [0.25, 0.3) is 10.9 Å². The van der Waals surface area contributed by atoms with Crippen LogP contribution in [-0.2, 0) is 13.2 Å². The quantitative estimate of drug-likeness (QED) is 0.237. The summed E-state index contributed by atoms with van der Waals surface area (Å²) in [6.07, 6.45) is -13.3. The molecular formula is C26H15ClF8N4O3. The van der Waals surface area contributed by atoms with Crippen molar-refractivity contribution in [2.75, 3.05) is 5.32 Å². The van der Waals surface area contributed by atoms with Crippen LogP contribution in [0.1, 0.15) is 55.2 Å². The van der Waals surface area contributed by atoms with Gasteiger partial charge in [0.2, 0.25) is 0 Å². The van der Waals surface area contributed by atoms with Gasteiger partial charge in [0, 0.05) is 39.8 Å². The summed E-state index contributed by atoms with van der Waals surface area (Å²) in [5.41, 5.74) is -4.44. The molecule has 2 atom stereocenters. The number of hydrogen-bond donors (Lipinski definition) is 3. The SMILES string of the molecule is Cn1nc2c3c(c(NC(=O)c4cc(F)cc(C(F)(F)F)c4)cc2c1[C@H](O)C(F)(F)F)[C@@H](c1cc(F)ccc1Cl)NC3=O. The first-order valence-electron chi connectivity index (χ1n) is 11.7. The molecule has 4 aromatic rings. The number of anilines is 1. The third-order valence-corrected chi connectivity index (χ3v) is 6.92. The van der Waals surface area contributed by atoms with Crippen molar-refractivity contribution >= 4 is 40.0 Å². The number of halogens is 9. The van der Waals surface area contributed by atoms with Gasteiger partial charge >= 0.3 is 12.4 Å². The predicted octanol–water partition coefficient (Wildman–Crippen LogP) is 6.20. The van der Waals surface area contributed by atoms with Gasteiger partial charge in [-0.2, -0.15) is 31.4 Å². The Morgan fingerprint density at radius 2 is 1.76 bits per heavy atom. The minimum Gasteiger partial charge on any atom is -0.378 e. The van der Waals surface area contributed by atoms with Crippen LogP contribution in [0.15, 0.2) is 42.5 Å². The Hall–Kier alpha value is -4.24. The second-order valence-corrected chi connectivity index (χ2v) is 9.72. The highest BCUT2D eigenvalue weighted by Gasteiger charge is 2.44. The molecule has 3 aromatic carbocycles. The number of aliphatic hydroxyl groups is 1. The molecule has 7 nitrogen and oxygen atoms in total. The van der Waals surface area contributed by atoms with Crippen LogP contribution < -0.4 is 10.6 Å². The number of amides is 2. The summed E-state index contributed by atoms with van der Waals surface area (Å²) in [7, 11) is 1.06. The number of nitrogens with zero attached hydrogens (tertiary/aromatic N) is 2. The Bertz CT molecular complexity index is 1780. The lowest BCUT2D eigenvalue weighted by Gasteiger charge is -2.19. The zero-order valence-electron chi connectivity index (χ0n) is 20.8. The summed E-state index contributed by atoms with van der Waals surface area (Å²) in [4.78, 5) is 26.3. The number of aromatic nitrogens is 2. The molecule has 0 spiro atoms. The van der Waals surface area contributed by atoms with Gasteiger partial charge in [0.05, 0.1) is 22.9 Å². The van der Waals surface area contributed by atoms with E-state index in [1.54, 1.807) is 0 Å². The summed E-state index contributed by atoms with van der Waals surface area (Å²) in [5, 5.41) is 18.2. The Labute approximate surface area is 234 Å². The van der Waals surface area contributed by atoms with Crippen LogP contribution in [0.4, 0.5) is 40.8 Å². The third-order valence-electron chi connectivity index (χ3n) is 6.58. The topological polar surface area (TPSA) is 96.2 Å². The smallest absolute Gasteiger partial charge is 0.378 e. The molecule has 2 heterocycles. The van der Waals surface area contributed by atoms with Crippen molar-refractivity contribution in [1.29, 1.82) is 0 Å². The van der Waals surface area contributed by atoms with E-state index < -0.39 is 75.8 Å². The highest BCUT2D eigenvalue weighted by Crippen LogP contribution is 2.45. The van der Waals surface area contributed by atoms with Crippen molar-refractivity contribution in [2.24, 2.45) is 7.05 Å². The number of hydrogen-bond acceptors (Lipinski definition) is 4. The minimum absolute atomic E-state index is 0.0322. The molecule has 42 heavy (non-hydrogen) atoms. The monoisotopic (exact) mass is 618 g/mol. The van der Waals surface area contributed by atoms with E-state index in [1.165, 1.54) is 0 Å². The Balaban J connectivity index is 1.76. The number of fused-ring (bicyclic) bond motifs is 3. The molecule has 220 valence electrons. The summed E-state index contributed by atoms with van der Waals surface area (Å²) in [6, 6.07) is 3.75. The Morgan fingerprint density at radius 3 is 2.40 bits per heavy atom. The lowest BCUT2D eigenvalue weighted by molar-refractivity contribution is -0.208. The average molecular weight is 619 g/mol. The van der Waals surface area contributed by atoms with E-state index in [4.69, 9.17) is 11.6 Å². The van der Waals surface area contributed by atoms with Crippen LogP contribution >= 0.6 is 11.6 Å². The normalized spacial score (nSPS) is 16.0. The molecule has 1 aliphatic rings. The largest absolute Gasteiger partial charge is 0.420 e. The van der Waals surface area contributed by atoms with Crippen molar-refractivity contribution < 1.29 is 49.8 Å². The highest BCUT2D eigenvalue weighted by molar-refractivity contribution is 6.31. The molecule has 0 fully saturated rings. The van der Waals surface area contributed by atoms with Crippen LogP contribution in [0.2, 0.25) is 5.02 Å². The van der Waals surface area contributed by atoms with Crippen molar-refractivity contribution in [3.8, 4) is 0 Å². The van der Waals surface area contributed by atoms with Gasteiger partial charge in [-0.25, -0.2) is 8.78 Å². The Morgan fingerprint density at radius 1 is 1.07 bits per heavy atom. The van der Waals surface area contributed by atoms with Crippen LogP contribution in [0.5, 0.6) is 0 Å². The first-order chi connectivity index (χ1) is 19.5. The Kier molecular flexibility index (Phi) is 6.93.